The fourth-order valence-electron chi connectivity index (χ4n) is 4.36. The lowest BCUT2D eigenvalue weighted by molar-refractivity contribution is -0.140. The van der Waals surface area contributed by atoms with Gasteiger partial charge in [-0.15, -0.1) is 0 Å². The Morgan fingerprint density at radius 3 is 1.71 bits per heavy atom. The zero-order chi connectivity index (χ0) is 38.7. The van der Waals surface area contributed by atoms with E-state index in [4.69, 9.17) is 9.47 Å². The Morgan fingerprint density at radius 1 is 0.706 bits per heavy atom. The first-order valence-electron chi connectivity index (χ1n) is 16.5. The lowest BCUT2D eigenvalue weighted by Gasteiger charge is -2.18. The summed E-state index contributed by atoms with van der Waals surface area (Å²) in [7, 11) is 2.50. The lowest BCUT2D eigenvalue weighted by atomic mass is 10.1. The quantitative estimate of drug-likeness (QED) is 0.0575. The molecule has 0 saturated carbocycles. The molecule has 3 aromatic carbocycles. The minimum absolute atomic E-state index is 0.0804. The van der Waals surface area contributed by atoms with Crippen LogP contribution in [0.15, 0.2) is 52.4 Å². The summed E-state index contributed by atoms with van der Waals surface area (Å²) in [5.74, 6) is -1.13. The first-order valence-corrected chi connectivity index (χ1v) is 20.3. The van der Waals surface area contributed by atoms with E-state index in [0.29, 0.717) is 35.2 Å². The number of hydrogen-bond donors (Lipinski definition) is 0. The van der Waals surface area contributed by atoms with Crippen molar-refractivity contribution < 1.29 is 40.2 Å². The van der Waals surface area contributed by atoms with Gasteiger partial charge in [-0.1, -0.05) is 25.7 Å². The number of halogens is 7. The smallest absolute Gasteiger partial charge is 0.420 e. The van der Waals surface area contributed by atoms with Crippen LogP contribution in [0.3, 0.4) is 0 Å². The minimum Gasteiger partial charge on any atom is -0.493 e. The molecule has 0 heterocycles. The molecular formula is C37H49F7N4O2Si. The number of benzene rings is 3. The number of aryl methyl sites for hydroxylation is 3. The van der Waals surface area contributed by atoms with Crippen LogP contribution in [0.2, 0.25) is 25.7 Å². The van der Waals surface area contributed by atoms with E-state index in [1.165, 1.54) is 18.5 Å². The maximum absolute atomic E-state index is 13.4. The summed E-state index contributed by atoms with van der Waals surface area (Å²) in [5.41, 5.74) is 1.11. The van der Waals surface area contributed by atoms with Crippen LogP contribution < -0.4 is 9.47 Å². The van der Waals surface area contributed by atoms with Crippen molar-refractivity contribution in [1.82, 2.24) is 9.80 Å². The fraction of sp³-hybridized carbons (Fsp3) is 0.459. The van der Waals surface area contributed by atoms with Crippen LogP contribution in [0.4, 0.5) is 42.1 Å². The van der Waals surface area contributed by atoms with Crippen molar-refractivity contribution in [3.8, 4) is 17.2 Å². The molecule has 0 bridgehead atoms. The second-order valence-corrected chi connectivity index (χ2v) is 19.0. The van der Waals surface area contributed by atoms with Gasteiger partial charge in [0, 0.05) is 35.3 Å². The summed E-state index contributed by atoms with van der Waals surface area (Å²) in [5, 5.41) is 0. The molecule has 0 aliphatic carbocycles. The van der Waals surface area contributed by atoms with E-state index >= 15 is 0 Å². The normalized spacial score (nSPS) is 12.3. The first-order chi connectivity index (χ1) is 23.5. The Bertz CT molecular complexity index is 1650. The predicted molar refractivity (Wildman–Crippen MR) is 195 cm³/mol. The molecule has 0 fully saturated rings. The van der Waals surface area contributed by atoms with E-state index in [2.05, 4.69) is 29.6 Å². The molecule has 0 atom stereocenters. The highest BCUT2D eigenvalue weighted by molar-refractivity contribution is 6.76. The van der Waals surface area contributed by atoms with Crippen molar-refractivity contribution in [3.05, 3.63) is 76.1 Å². The van der Waals surface area contributed by atoms with Gasteiger partial charge in [0.15, 0.2) is 0 Å². The van der Waals surface area contributed by atoms with Crippen LogP contribution in [0.25, 0.3) is 0 Å². The van der Waals surface area contributed by atoms with Crippen LogP contribution in [0.1, 0.15) is 48.1 Å². The summed E-state index contributed by atoms with van der Waals surface area (Å²) in [6.45, 7) is 17.8. The first kappa shape index (κ1) is 43.1. The SMILES string of the molecule is CCN(C)C=Nc1cc(C(F)(F)F)c(OCCC[Si](C)(C)C)cc1C.CCN(C)C=Nc1cc(C)c(Oc2ccc(F)c(C(F)(F)F)c2)cc1C. The Balaban J connectivity index is 0.000000354. The molecule has 0 N–H and O–H groups in total. The monoisotopic (exact) mass is 742 g/mol. The van der Waals surface area contributed by atoms with Gasteiger partial charge in [0.25, 0.3) is 0 Å². The lowest BCUT2D eigenvalue weighted by Crippen LogP contribution is -2.20. The van der Waals surface area contributed by atoms with Crippen molar-refractivity contribution in [1.29, 1.82) is 0 Å². The van der Waals surface area contributed by atoms with Gasteiger partial charge in [-0.25, -0.2) is 14.4 Å². The van der Waals surface area contributed by atoms with Crippen molar-refractivity contribution in [2.45, 2.75) is 79.1 Å². The molecular weight excluding hydrogens is 694 g/mol. The average molecular weight is 743 g/mol. The molecule has 3 aromatic rings. The van der Waals surface area contributed by atoms with Crippen molar-refractivity contribution in [2.24, 2.45) is 9.98 Å². The Morgan fingerprint density at radius 2 is 1.22 bits per heavy atom. The van der Waals surface area contributed by atoms with E-state index in [9.17, 15) is 30.7 Å². The highest BCUT2D eigenvalue weighted by atomic mass is 28.3. The molecule has 6 nitrogen and oxygen atoms in total. The van der Waals surface area contributed by atoms with Crippen LogP contribution in [0, 0.1) is 26.6 Å². The molecule has 0 aromatic heterocycles. The van der Waals surface area contributed by atoms with Gasteiger partial charge in [0.1, 0.15) is 23.1 Å². The highest BCUT2D eigenvalue weighted by Crippen LogP contribution is 2.40. The summed E-state index contributed by atoms with van der Waals surface area (Å²) < 4.78 is 103. The van der Waals surface area contributed by atoms with Crippen LogP contribution >= 0.6 is 0 Å². The molecule has 0 aliphatic rings. The Labute approximate surface area is 298 Å². The largest absolute Gasteiger partial charge is 0.493 e. The van der Waals surface area contributed by atoms with E-state index in [1.807, 2.05) is 39.8 Å². The third-order valence-electron chi connectivity index (χ3n) is 7.68. The van der Waals surface area contributed by atoms with E-state index in [1.54, 1.807) is 37.2 Å². The van der Waals surface area contributed by atoms with Gasteiger partial charge in [0.05, 0.1) is 41.8 Å². The molecule has 0 amide bonds. The molecule has 3 rings (SSSR count). The van der Waals surface area contributed by atoms with E-state index in [0.717, 1.165) is 48.9 Å². The Kier molecular flexibility index (Phi) is 15.6. The highest BCUT2D eigenvalue weighted by Gasteiger charge is 2.36. The average Bonchev–Trinajstić information content (AvgIpc) is 3.02. The number of hydrogen-bond acceptors (Lipinski definition) is 4. The molecule has 0 unspecified atom stereocenters. The van der Waals surface area contributed by atoms with Gasteiger partial charge >= 0.3 is 12.4 Å². The summed E-state index contributed by atoms with van der Waals surface area (Å²) in [6, 6.07) is 9.61. The summed E-state index contributed by atoms with van der Waals surface area (Å²) >= 11 is 0. The predicted octanol–water partition coefficient (Wildman–Crippen LogP) is 11.6. The standard InChI is InChI=1S/C19H20F4N2O.C18H29F3N2OSi/c1-5-25(4)11-24-17-8-13(3)18(9-12(17)2)26-14-6-7-16(20)15(10-14)19(21,22)23;1-7-23(3)13-22-16-12-15(18(19,20)21)17(11-14(16)2)24-9-8-10-25(4,5)6/h6-11H,5H2,1-4H3;11-13H,7-10H2,1-6H3. The topological polar surface area (TPSA) is 49.7 Å². The molecule has 0 radical (unpaired) electrons. The maximum Gasteiger partial charge on any atom is 0.420 e. The van der Waals surface area contributed by atoms with E-state index in [-0.39, 0.29) is 11.5 Å². The van der Waals surface area contributed by atoms with Gasteiger partial charge in [-0.3, -0.25) is 0 Å². The van der Waals surface area contributed by atoms with Gasteiger partial charge < -0.3 is 19.3 Å². The van der Waals surface area contributed by atoms with E-state index < -0.39 is 37.4 Å². The molecule has 14 heteroatoms. The second-order valence-electron chi connectivity index (χ2n) is 13.4. The third kappa shape index (κ3) is 14.2. The molecule has 0 spiro atoms. The van der Waals surface area contributed by atoms with Crippen LogP contribution in [0.5, 0.6) is 17.2 Å². The maximum atomic E-state index is 13.4. The third-order valence-corrected chi connectivity index (χ3v) is 9.54. The molecule has 0 aliphatic heterocycles. The van der Waals surface area contributed by atoms with Crippen molar-refractivity contribution in [2.75, 3.05) is 33.8 Å². The summed E-state index contributed by atoms with van der Waals surface area (Å²) in [6.07, 6.45) is -5.23. The number of nitrogens with zero attached hydrogens (tertiary/aromatic N) is 4. The minimum atomic E-state index is -4.78. The number of rotatable bonds is 13. The number of alkyl halides is 6. The molecule has 51 heavy (non-hydrogen) atoms. The van der Waals surface area contributed by atoms with Crippen LogP contribution in [-0.2, 0) is 12.4 Å². The van der Waals surface area contributed by atoms with Gasteiger partial charge in [-0.05, 0) is 100 Å². The van der Waals surface area contributed by atoms with Gasteiger partial charge in [0.2, 0.25) is 0 Å². The van der Waals surface area contributed by atoms with Crippen molar-refractivity contribution >= 4 is 32.1 Å². The van der Waals surface area contributed by atoms with Crippen LogP contribution in [-0.4, -0.2) is 64.3 Å². The second kappa shape index (κ2) is 18.4. The zero-order valence-electron chi connectivity index (χ0n) is 31.0. The summed E-state index contributed by atoms with van der Waals surface area (Å²) in [4.78, 5) is 12.3. The Hall–Kier alpha value is -4.07. The number of aliphatic imine (C=N–C) groups is 2. The van der Waals surface area contributed by atoms with Gasteiger partial charge in [-0.2, -0.15) is 26.3 Å². The zero-order valence-corrected chi connectivity index (χ0v) is 32.0. The fourth-order valence-corrected chi connectivity index (χ4v) is 5.56. The number of ether oxygens (including phenoxy) is 2. The van der Waals surface area contributed by atoms with Crippen molar-refractivity contribution in [3.63, 3.8) is 0 Å². The molecule has 0 saturated heterocycles. The molecule has 282 valence electrons.